The zero-order valence-corrected chi connectivity index (χ0v) is 13.1. The Kier molecular flexibility index (Phi) is 5.72. The third kappa shape index (κ3) is 5.19. The van der Waals surface area contributed by atoms with Gasteiger partial charge in [0, 0.05) is 12.2 Å². The highest BCUT2D eigenvalue weighted by Crippen LogP contribution is 2.28. The molecule has 2 rings (SSSR count). The van der Waals surface area contributed by atoms with Gasteiger partial charge in [0.1, 0.15) is 5.03 Å². The number of rotatable bonds is 4. The summed E-state index contributed by atoms with van der Waals surface area (Å²) in [5.74, 6) is -0.715. The summed E-state index contributed by atoms with van der Waals surface area (Å²) in [6, 6.07) is 3.19. The number of halogens is 3. The van der Waals surface area contributed by atoms with Crippen LogP contribution >= 0.6 is 11.8 Å². The van der Waals surface area contributed by atoms with Crippen molar-refractivity contribution in [1.82, 2.24) is 10.3 Å². The molecule has 1 heterocycles. The Balaban J connectivity index is 2.00. The van der Waals surface area contributed by atoms with E-state index in [1.807, 2.05) is 0 Å². The SMILES string of the molecule is CC1CCC(NC(=O)c2cccnc2SCC(F)(F)F)CC1. The van der Waals surface area contributed by atoms with E-state index >= 15 is 0 Å². The predicted octanol–water partition coefficient (Wildman–Crippen LogP) is 4.04. The molecule has 22 heavy (non-hydrogen) atoms. The number of carbonyl (C=O) groups is 1. The summed E-state index contributed by atoms with van der Waals surface area (Å²) in [6.45, 7) is 2.19. The van der Waals surface area contributed by atoms with Crippen molar-refractivity contribution in [2.75, 3.05) is 5.75 Å². The van der Waals surface area contributed by atoms with E-state index in [1.54, 1.807) is 6.07 Å². The first-order valence-corrected chi connectivity index (χ1v) is 8.29. The quantitative estimate of drug-likeness (QED) is 0.846. The molecular formula is C15H19F3N2OS. The van der Waals surface area contributed by atoms with Crippen LogP contribution in [0.5, 0.6) is 0 Å². The van der Waals surface area contributed by atoms with Crippen molar-refractivity contribution in [3.8, 4) is 0 Å². The van der Waals surface area contributed by atoms with Gasteiger partial charge in [0.15, 0.2) is 0 Å². The molecule has 0 aromatic carbocycles. The van der Waals surface area contributed by atoms with Crippen LogP contribution in [0.3, 0.4) is 0 Å². The largest absolute Gasteiger partial charge is 0.398 e. The number of hydrogen-bond donors (Lipinski definition) is 1. The van der Waals surface area contributed by atoms with Crippen molar-refractivity contribution < 1.29 is 18.0 Å². The van der Waals surface area contributed by atoms with E-state index in [-0.39, 0.29) is 22.5 Å². The number of carbonyl (C=O) groups excluding carboxylic acids is 1. The topological polar surface area (TPSA) is 42.0 Å². The summed E-state index contributed by atoms with van der Waals surface area (Å²) in [5, 5.41) is 3.05. The molecule has 0 bridgehead atoms. The maximum absolute atomic E-state index is 12.3. The molecule has 1 aromatic rings. The highest BCUT2D eigenvalue weighted by molar-refractivity contribution is 7.99. The van der Waals surface area contributed by atoms with Crippen molar-refractivity contribution in [2.24, 2.45) is 5.92 Å². The number of pyridine rings is 1. The number of nitrogens with zero attached hydrogens (tertiary/aromatic N) is 1. The molecular weight excluding hydrogens is 313 g/mol. The summed E-state index contributed by atoms with van der Waals surface area (Å²) in [4.78, 5) is 16.2. The summed E-state index contributed by atoms with van der Waals surface area (Å²) in [6.07, 6.45) is 1.07. The molecule has 3 nitrogen and oxygen atoms in total. The van der Waals surface area contributed by atoms with Gasteiger partial charge in [0.2, 0.25) is 0 Å². The Morgan fingerprint density at radius 1 is 1.36 bits per heavy atom. The van der Waals surface area contributed by atoms with Gasteiger partial charge in [0.05, 0.1) is 11.3 Å². The maximum Gasteiger partial charge on any atom is 0.398 e. The zero-order valence-electron chi connectivity index (χ0n) is 12.3. The van der Waals surface area contributed by atoms with Gasteiger partial charge in [-0.15, -0.1) is 0 Å². The second-order valence-corrected chi connectivity index (χ2v) is 6.65. The summed E-state index contributed by atoms with van der Waals surface area (Å²) < 4.78 is 37.0. The summed E-state index contributed by atoms with van der Waals surface area (Å²) >= 11 is 0.548. The van der Waals surface area contributed by atoms with Crippen molar-refractivity contribution in [1.29, 1.82) is 0 Å². The van der Waals surface area contributed by atoms with E-state index in [0.717, 1.165) is 25.7 Å². The van der Waals surface area contributed by atoms with Gasteiger partial charge in [-0.25, -0.2) is 4.98 Å². The first-order valence-electron chi connectivity index (χ1n) is 7.30. The predicted molar refractivity (Wildman–Crippen MR) is 79.9 cm³/mol. The van der Waals surface area contributed by atoms with Gasteiger partial charge in [-0.3, -0.25) is 4.79 Å². The van der Waals surface area contributed by atoms with Crippen LogP contribution in [0.1, 0.15) is 43.0 Å². The third-order valence-electron chi connectivity index (χ3n) is 3.74. The smallest absolute Gasteiger partial charge is 0.349 e. The molecule has 0 atom stereocenters. The number of alkyl halides is 3. The second kappa shape index (κ2) is 7.35. The Morgan fingerprint density at radius 2 is 2.05 bits per heavy atom. The minimum Gasteiger partial charge on any atom is -0.349 e. The van der Waals surface area contributed by atoms with Crippen molar-refractivity contribution in [3.63, 3.8) is 0 Å². The summed E-state index contributed by atoms with van der Waals surface area (Å²) in [7, 11) is 0. The lowest BCUT2D eigenvalue weighted by Crippen LogP contribution is -2.37. The van der Waals surface area contributed by atoms with Crippen LogP contribution in [0.4, 0.5) is 13.2 Å². The number of amides is 1. The normalized spacial score (nSPS) is 22.4. The van der Waals surface area contributed by atoms with Crippen molar-refractivity contribution in [3.05, 3.63) is 23.9 Å². The summed E-state index contributed by atoms with van der Waals surface area (Å²) in [5.41, 5.74) is 0.218. The Morgan fingerprint density at radius 3 is 2.68 bits per heavy atom. The van der Waals surface area contributed by atoms with Gasteiger partial charge in [-0.05, 0) is 43.7 Å². The van der Waals surface area contributed by atoms with Crippen LogP contribution in [0.15, 0.2) is 23.4 Å². The minimum atomic E-state index is -4.28. The van der Waals surface area contributed by atoms with E-state index in [9.17, 15) is 18.0 Å². The number of thioether (sulfide) groups is 1. The molecule has 1 saturated carbocycles. The fourth-order valence-corrected chi connectivity index (χ4v) is 3.25. The van der Waals surface area contributed by atoms with Gasteiger partial charge >= 0.3 is 6.18 Å². The van der Waals surface area contributed by atoms with Crippen LogP contribution in [0, 0.1) is 5.92 Å². The average Bonchev–Trinajstić information content (AvgIpc) is 2.47. The van der Waals surface area contributed by atoms with Crippen molar-refractivity contribution >= 4 is 17.7 Å². The van der Waals surface area contributed by atoms with Crippen LogP contribution in [0.25, 0.3) is 0 Å². The van der Waals surface area contributed by atoms with E-state index in [4.69, 9.17) is 0 Å². The molecule has 0 saturated heterocycles. The standard InChI is InChI=1S/C15H19F3N2OS/c1-10-4-6-11(7-5-10)20-13(21)12-3-2-8-19-14(12)22-9-15(16,17)18/h2-3,8,10-11H,4-7,9H2,1H3,(H,20,21). The van der Waals surface area contributed by atoms with Gasteiger partial charge < -0.3 is 5.32 Å². The number of aromatic nitrogens is 1. The van der Waals surface area contributed by atoms with Crippen LogP contribution in [-0.4, -0.2) is 28.9 Å². The van der Waals surface area contributed by atoms with Gasteiger partial charge in [-0.1, -0.05) is 18.7 Å². The Bertz CT molecular complexity index is 514. The van der Waals surface area contributed by atoms with Crippen LogP contribution in [-0.2, 0) is 0 Å². The monoisotopic (exact) mass is 332 g/mol. The number of hydrogen-bond acceptors (Lipinski definition) is 3. The molecule has 1 aromatic heterocycles. The highest BCUT2D eigenvalue weighted by atomic mass is 32.2. The highest BCUT2D eigenvalue weighted by Gasteiger charge is 2.29. The molecule has 0 spiro atoms. The molecule has 0 unspecified atom stereocenters. The molecule has 1 N–H and O–H groups in total. The van der Waals surface area contributed by atoms with Gasteiger partial charge in [0.25, 0.3) is 5.91 Å². The molecule has 1 aliphatic carbocycles. The van der Waals surface area contributed by atoms with E-state index in [2.05, 4.69) is 17.2 Å². The van der Waals surface area contributed by atoms with Crippen LogP contribution in [0.2, 0.25) is 0 Å². The average molecular weight is 332 g/mol. The van der Waals surface area contributed by atoms with Crippen LogP contribution < -0.4 is 5.32 Å². The fraction of sp³-hybridized carbons (Fsp3) is 0.600. The molecule has 0 radical (unpaired) electrons. The Labute approximate surface area is 132 Å². The molecule has 1 aliphatic rings. The third-order valence-corrected chi connectivity index (χ3v) is 4.81. The molecule has 0 aliphatic heterocycles. The molecule has 122 valence electrons. The van der Waals surface area contributed by atoms with Crippen molar-refractivity contribution in [2.45, 2.75) is 49.9 Å². The maximum atomic E-state index is 12.3. The van der Waals surface area contributed by atoms with E-state index in [0.29, 0.717) is 17.7 Å². The van der Waals surface area contributed by atoms with Gasteiger partial charge in [-0.2, -0.15) is 13.2 Å². The molecule has 1 fully saturated rings. The van der Waals surface area contributed by atoms with E-state index < -0.39 is 11.9 Å². The lowest BCUT2D eigenvalue weighted by Gasteiger charge is -2.27. The number of nitrogens with one attached hydrogen (secondary N) is 1. The molecule has 7 heteroatoms. The van der Waals surface area contributed by atoms with E-state index in [1.165, 1.54) is 12.3 Å². The Hall–Kier alpha value is -1.24. The first-order chi connectivity index (χ1) is 10.3. The zero-order chi connectivity index (χ0) is 16.2. The second-order valence-electron chi connectivity index (χ2n) is 5.69. The lowest BCUT2D eigenvalue weighted by atomic mass is 9.87. The molecule has 1 amide bonds. The lowest BCUT2D eigenvalue weighted by molar-refractivity contribution is -0.105. The first kappa shape index (κ1) is 17.1. The fourth-order valence-electron chi connectivity index (χ4n) is 2.50. The minimum absolute atomic E-state index is 0.101.